The van der Waals surface area contributed by atoms with Gasteiger partial charge in [0.2, 0.25) is 5.91 Å². The number of nitrogens with one attached hydrogen (secondary N) is 1. The zero-order valence-corrected chi connectivity index (χ0v) is 13.8. The van der Waals surface area contributed by atoms with Gasteiger partial charge in [0.15, 0.2) is 0 Å². The predicted octanol–water partition coefficient (Wildman–Crippen LogP) is 4.03. The lowest BCUT2D eigenvalue weighted by Gasteiger charge is -2.09. The van der Waals surface area contributed by atoms with Crippen LogP contribution in [0, 0.1) is 6.92 Å². The Morgan fingerprint density at radius 2 is 2.27 bits per heavy atom. The van der Waals surface area contributed by atoms with E-state index in [0.29, 0.717) is 6.61 Å². The van der Waals surface area contributed by atoms with Crippen LogP contribution in [0.15, 0.2) is 35.7 Å². The van der Waals surface area contributed by atoms with Gasteiger partial charge in [0.05, 0.1) is 23.4 Å². The molecule has 116 valence electrons. The fraction of sp³-hybridized carbons (Fsp3) is 0.294. The standard InChI is InChI=1S/C17H20N2O2S/c1-12(2)21-10-14-5-4-6-15(9-14)19-17(20)8-7-16-11-22-13(3)18-16/h4-9,11-12H,10H2,1-3H3,(H,19,20). The van der Waals surface area contributed by atoms with Gasteiger partial charge in [-0.15, -0.1) is 11.3 Å². The van der Waals surface area contributed by atoms with Gasteiger partial charge in [-0.05, 0) is 44.5 Å². The minimum atomic E-state index is -0.174. The summed E-state index contributed by atoms with van der Waals surface area (Å²) in [7, 11) is 0. The summed E-state index contributed by atoms with van der Waals surface area (Å²) in [5.74, 6) is -0.174. The Labute approximate surface area is 134 Å². The molecule has 0 atom stereocenters. The summed E-state index contributed by atoms with van der Waals surface area (Å²) in [6.07, 6.45) is 3.39. The molecule has 22 heavy (non-hydrogen) atoms. The number of benzene rings is 1. The highest BCUT2D eigenvalue weighted by Crippen LogP contribution is 2.13. The number of thiazole rings is 1. The van der Waals surface area contributed by atoms with E-state index in [1.54, 1.807) is 17.4 Å². The average Bonchev–Trinajstić information content (AvgIpc) is 2.89. The molecule has 0 aliphatic heterocycles. The number of anilines is 1. The summed E-state index contributed by atoms with van der Waals surface area (Å²) in [6, 6.07) is 7.66. The van der Waals surface area contributed by atoms with E-state index in [1.807, 2.05) is 50.4 Å². The molecule has 0 spiro atoms. The number of ether oxygens (including phenoxy) is 1. The molecule has 0 fully saturated rings. The van der Waals surface area contributed by atoms with Crippen molar-refractivity contribution in [1.82, 2.24) is 4.98 Å². The quantitative estimate of drug-likeness (QED) is 0.819. The first-order chi connectivity index (χ1) is 10.5. The summed E-state index contributed by atoms with van der Waals surface area (Å²) in [4.78, 5) is 16.2. The van der Waals surface area contributed by atoms with Crippen molar-refractivity contribution in [1.29, 1.82) is 0 Å². The van der Waals surface area contributed by atoms with Gasteiger partial charge in [-0.1, -0.05) is 12.1 Å². The molecular weight excluding hydrogens is 296 g/mol. The second kappa shape index (κ2) is 7.87. The molecule has 0 saturated carbocycles. The van der Waals surface area contributed by atoms with Gasteiger partial charge in [-0.2, -0.15) is 0 Å². The molecule has 2 aromatic rings. The normalized spacial score (nSPS) is 11.3. The second-order valence-electron chi connectivity index (χ2n) is 5.17. The molecule has 5 heteroatoms. The number of aromatic nitrogens is 1. The smallest absolute Gasteiger partial charge is 0.248 e. The van der Waals surface area contributed by atoms with Crippen molar-refractivity contribution in [2.75, 3.05) is 5.32 Å². The lowest BCUT2D eigenvalue weighted by Crippen LogP contribution is -2.08. The van der Waals surface area contributed by atoms with Crippen LogP contribution < -0.4 is 5.32 Å². The predicted molar refractivity (Wildman–Crippen MR) is 90.9 cm³/mol. The Bertz CT molecular complexity index is 662. The highest BCUT2D eigenvalue weighted by molar-refractivity contribution is 7.09. The van der Waals surface area contributed by atoms with Crippen molar-refractivity contribution >= 4 is 29.0 Å². The lowest BCUT2D eigenvalue weighted by atomic mass is 10.2. The Hall–Kier alpha value is -1.98. The van der Waals surface area contributed by atoms with Crippen LogP contribution in [0.25, 0.3) is 6.08 Å². The van der Waals surface area contributed by atoms with Crippen LogP contribution in [0.3, 0.4) is 0 Å². The van der Waals surface area contributed by atoms with Crippen LogP contribution in [0.5, 0.6) is 0 Å². The molecule has 4 nitrogen and oxygen atoms in total. The Morgan fingerprint density at radius 3 is 2.95 bits per heavy atom. The van der Waals surface area contributed by atoms with Gasteiger partial charge in [-0.3, -0.25) is 4.79 Å². The van der Waals surface area contributed by atoms with Crippen LogP contribution in [-0.2, 0) is 16.1 Å². The fourth-order valence-corrected chi connectivity index (χ4v) is 2.38. The van der Waals surface area contributed by atoms with Gasteiger partial charge in [0.25, 0.3) is 0 Å². The third-order valence-electron chi connectivity index (χ3n) is 2.82. The minimum Gasteiger partial charge on any atom is -0.374 e. The molecule has 1 aromatic heterocycles. The molecule has 0 aliphatic carbocycles. The molecule has 1 heterocycles. The van der Waals surface area contributed by atoms with E-state index in [4.69, 9.17) is 4.74 Å². The number of amides is 1. The second-order valence-corrected chi connectivity index (χ2v) is 6.24. The molecule has 0 bridgehead atoms. The molecular formula is C17H20N2O2S. The monoisotopic (exact) mass is 316 g/mol. The van der Waals surface area contributed by atoms with Crippen molar-refractivity contribution in [2.24, 2.45) is 0 Å². The summed E-state index contributed by atoms with van der Waals surface area (Å²) < 4.78 is 5.56. The summed E-state index contributed by atoms with van der Waals surface area (Å²) in [6.45, 7) is 6.47. The third-order valence-corrected chi connectivity index (χ3v) is 3.61. The van der Waals surface area contributed by atoms with E-state index in [9.17, 15) is 4.79 Å². The highest BCUT2D eigenvalue weighted by Gasteiger charge is 2.01. The number of hydrogen-bond acceptors (Lipinski definition) is 4. The van der Waals surface area contributed by atoms with E-state index >= 15 is 0 Å². The first kappa shape index (κ1) is 16.4. The van der Waals surface area contributed by atoms with Gasteiger partial charge < -0.3 is 10.1 Å². The summed E-state index contributed by atoms with van der Waals surface area (Å²) >= 11 is 1.56. The average molecular weight is 316 g/mol. The van der Waals surface area contributed by atoms with Gasteiger partial charge in [0.1, 0.15) is 0 Å². The van der Waals surface area contributed by atoms with Gasteiger partial charge >= 0.3 is 0 Å². The van der Waals surface area contributed by atoms with E-state index in [-0.39, 0.29) is 12.0 Å². The molecule has 1 N–H and O–H groups in total. The van der Waals surface area contributed by atoms with Crippen LogP contribution in [0.4, 0.5) is 5.69 Å². The summed E-state index contributed by atoms with van der Waals surface area (Å²) in [5.41, 5.74) is 2.59. The lowest BCUT2D eigenvalue weighted by molar-refractivity contribution is -0.111. The van der Waals surface area contributed by atoms with Crippen molar-refractivity contribution < 1.29 is 9.53 Å². The van der Waals surface area contributed by atoms with Crippen molar-refractivity contribution in [3.05, 3.63) is 52.0 Å². The zero-order valence-electron chi connectivity index (χ0n) is 13.0. The minimum absolute atomic E-state index is 0.174. The van der Waals surface area contributed by atoms with E-state index in [0.717, 1.165) is 22.0 Å². The number of nitrogens with zero attached hydrogens (tertiary/aromatic N) is 1. The molecule has 1 amide bonds. The molecule has 0 saturated heterocycles. The topological polar surface area (TPSA) is 51.2 Å². The SMILES string of the molecule is Cc1nc(C=CC(=O)Nc2cccc(COC(C)C)c2)cs1. The van der Waals surface area contributed by atoms with E-state index in [1.165, 1.54) is 6.08 Å². The van der Waals surface area contributed by atoms with Crippen LogP contribution >= 0.6 is 11.3 Å². The van der Waals surface area contributed by atoms with Crippen molar-refractivity contribution in [3.63, 3.8) is 0 Å². The number of rotatable bonds is 6. The molecule has 1 aromatic carbocycles. The maximum Gasteiger partial charge on any atom is 0.248 e. The van der Waals surface area contributed by atoms with E-state index in [2.05, 4.69) is 10.3 Å². The Kier molecular flexibility index (Phi) is 5.86. The summed E-state index contributed by atoms with van der Waals surface area (Å²) in [5, 5.41) is 5.75. The van der Waals surface area contributed by atoms with Gasteiger partial charge in [0, 0.05) is 17.1 Å². The van der Waals surface area contributed by atoms with Crippen LogP contribution in [-0.4, -0.2) is 17.0 Å². The molecule has 2 rings (SSSR count). The molecule has 0 aliphatic rings. The third kappa shape index (κ3) is 5.42. The highest BCUT2D eigenvalue weighted by atomic mass is 32.1. The molecule has 0 unspecified atom stereocenters. The van der Waals surface area contributed by atoms with Crippen LogP contribution in [0.2, 0.25) is 0 Å². The number of aryl methyl sites for hydroxylation is 1. The van der Waals surface area contributed by atoms with Crippen molar-refractivity contribution in [2.45, 2.75) is 33.5 Å². The molecule has 0 radical (unpaired) electrons. The zero-order chi connectivity index (χ0) is 15.9. The Morgan fingerprint density at radius 1 is 1.45 bits per heavy atom. The van der Waals surface area contributed by atoms with Crippen molar-refractivity contribution in [3.8, 4) is 0 Å². The number of carbonyl (C=O) groups excluding carboxylic acids is 1. The largest absolute Gasteiger partial charge is 0.374 e. The fourth-order valence-electron chi connectivity index (χ4n) is 1.80. The Balaban J connectivity index is 1.93. The number of hydrogen-bond donors (Lipinski definition) is 1. The van der Waals surface area contributed by atoms with Crippen LogP contribution in [0.1, 0.15) is 30.1 Å². The maximum atomic E-state index is 11.9. The van der Waals surface area contributed by atoms with E-state index < -0.39 is 0 Å². The number of carbonyl (C=O) groups is 1. The first-order valence-electron chi connectivity index (χ1n) is 7.14. The maximum absolute atomic E-state index is 11.9. The first-order valence-corrected chi connectivity index (χ1v) is 8.02. The van der Waals surface area contributed by atoms with Gasteiger partial charge in [-0.25, -0.2) is 4.98 Å².